The first-order valence-electron chi connectivity index (χ1n) is 8.52. The standard InChI is InChI=1S/C20H19N3O2/c24-19-13-21-23(18-8-4-3-7-17(18)19)12-10-20(25)22-11-9-15-5-1-2-6-16(15)14-22/h1-8,13H,9-12,14H2. The molecule has 1 aliphatic rings. The first-order chi connectivity index (χ1) is 12.2. The summed E-state index contributed by atoms with van der Waals surface area (Å²) in [6.07, 6.45) is 2.60. The van der Waals surface area contributed by atoms with Gasteiger partial charge in [0.2, 0.25) is 11.3 Å². The van der Waals surface area contributed by atoms with Crippen LogP contribution in [0, 0.1) is 0 Å². The van der Waals surface area contributed by atoms with Gasteiger partial charge in [-0.25, -0.2) is 0 Å². The Kier molecular flexibility index (Phi) is 4.06. The van der Waals surface area contributed by atoms with Crippen molar-refractivity contribution < 1.29 is 4.79 Å². The monoisotopic (exact) mass is 333 g/mol. The SMILES string of the molecule is O=C(CCn1ncc(=O)c2ccccc21)N1CCc2ccccc2C1. The van der Waals surface area contributed by atoms with Crippen molar-refractivity contribution in [2.24, 2.45) is 0 Å². The lowest BCUT2D eigenvalue weighted by molar-refractivity contribution is -0.132. The van der Waals surface area contributed by atoms with E-state index in [4.69, 9.17) is 0 Å². The molecule has 0 N–H and O–H groups in total. The van der Waals surface area contributed by atoms with Crippen LogP contribution >= 0.6 is 0 Å². The molecule has 5 nitrogen and oxygen atoms in total. The molecule has 0 bridgehead atoms. The van der Waals surface area contributed by atoms with Gasteiger partial charge in [-0.2, -0.15) is 5.10 Å². The predicted molar refractivity (Wildman–Crippen MR) is 96.2 cm³/mol. The van der Waals surface area contributed by atoms with Gasteiger partial charge in [0.1, 0.15) is 0 Å². The zero-order valence-corrected chi connectivity index (χ0v) is 13.9. The lowest BCUT2D eigenvalue weighted by Gasteiger charge is -2.29. The maximum Gasteiger partial charge on any atom is 0.224 e. The zero-order valence-electron chi connectivity index (χ0n) is 13.9. The van der Waals surface area contributed by atoms with Crippen LogP contribution in [0.5, 0.6) is 0 Å². The van der Waals surface area contributed by atoms with Gasteiger partial charge < -0.3 is 4.90 Å². The van der Waals surface area contributed by atoms with E-state index in [1.165, 1.54) is 17.3 Å². The van der Waals surface area contributed by atoms with Crippen molar-refractivity contribution in [3.63, 3.8) is 0 Å². The van der Waals surface area contributed by atoms with Crippen molar-refractivity contribution in [1.29, 1.82) is 0 Å². The Bertz CT molecular complexity index is 993. The number of hydrogen-bond acceptors (Lipinski definition) is 3. The van der Waals surface area contributed by atoms with Crippen LogP contribution in [0.25, 0.3) is 10.9 Å². The number of carbonyl (C=O) groups excluding carboxylic acids is 1. The number of nitrogens with zero attached hydrogens (tertiary/aromatic N) is 3. The van der Waals surface area contributed by atoms with Crippen LogP contribution in [0.15, 0.2) is 59.5 Å². The van der Waals surface area contributed by atoms with Crippen molar-refractivity contribution in [2.45, 2.75) is 25.9 Å². The minimum atomic E-state index is -0.0918. The van der Waals surface area contributed by atoms with E-state index >= 15 is 0 Å². The van der Waals surface area contributed by atoms with E-state index in [9.17, 15) is 9.59 Å². The minimum Gasteiger partial charge on any atom is -0.338 e. The van der Waals surface area contributed by atoms with Gasteiger partial charge in [0.05, 0.1) is 18.3 Å². The molecular weight excluding hydrogens is 314 g/mol. The largest absolute Gasteiger partial charge is 0.338 e. The molecule has 0 unspecified atom stereocenters. The highest BCUT2D eigenvalue weighted by Gasteiger charge is 2.20. The summed E-state index contributed by atoms with van der Waals surface area (Å²) in [5.74, 6) is 0.124. The summed E-state index contributed by atoms with van der Waals surface area (Å²) in [5.41, 5.74) is 3.24. The average Bonchev–Trinajstić information content (AvgIpc) is 2.67. The molecule has 25 heavy (non-hydrogen) atoms. The second-order valence-corrected chi connectivity index (χ2v) is 6.33. The van der Waals surface area contributed by atoms with Crippen molar-refractivity contribution in [2.75, 3.05) is 6.54 Å². The molecular formula is C20H19N3O2. The summed E-state index contributed by atoms with van der Waals surface area (Å²) in [7, 11) is 0. The van der Waals surface area contributed by atoms with Gasteiger partial charge in [-0.1, -0.05) is 36.4 Å². The Balaban J connectivity index is 1.48. The quantitative estimate of drug-likeness (QED) is 0.739. The smallest absolute Gasteiger partial charge is 0.224 e. The molecule has 0 spiro atoms. The molecule has 0 radical (unpaired) electrons. The average molecular weight is 333 g/mol. The zero-order chi connectivity index (χ0) is 17.2. The third-order valence-corrected chi connectivity index (χ3v) is 4.78. The molecule has 0 aliphatic carbocycles. The molecule has 1 aliphatic heterocycles. The van der Waals surface area contributed by atoms with Gasteiger partial charge in [0, 0.05) is 24.9 Å². The molecule has 126 valence electrons. The number of fused-ring (bicyclic) bond motifs is 2. The highest BCUT2D eigenvalue weighted by molar-refractivity contribution is 5.79. The van der Waals surface area contributed by atoms with E-state index in [2.05, 4.69) is 17.2 Å². The Morgan fingerprint density at radius 1 is 1.04 bits per heavy atom. The van der Waals surface area contributed by atoms with E-state index in [1.807, 2.05) is 35.2 Å². The molecule has 5 heteroatoms. The first-order valence-corrected chi connectivity index (χ1v) is 8.52. The second kappa shape index (κ2) is 6.51. The lowest BCUT2D eigenvalue weighted by atomic mass is 10.00. The van der Waals surface area contributed by atoms with E-state index in [0.29, 0.717) is 24.9 Å². The van der Waals surface area contributed by atoms with E-state index in [-0.39, 0.29) is 11.3 Å². The summed E-state index contributed by atoms with van der Waals surface area (Å²) >= 11 is 0. The fraction of sp³-hybridized carbons (Fsp3) is 0.250. The third kappa shape index (κ3) is 3.05. The van der Waals surface area contributed by atoms with Crippen molar-refractivity contribution in [1.82, 2.24) is 14.7 Å². The van der Waals surface area contributed by atoms with Crippen LogP contribution in [0.1, 0.15) is 17.5 Å². The van der Waals surface area contributed by atoms with Crippen LogP contribution in [0.4, 0.5) is 0 Å². The summed E-state index contributed by atoms with van der Waals surface area (Å²) in [4.78, 5) is 26.4. The van der Waals surface area contributed by atoms with Gasteiger partial charge >= 0.3 is 0 Å². The number of amides is 1. The fourth-order valence-electron chi connectivity index (χ4n) is 3.41. The molecule has 1 aromatic heterocycles. The molecule has 3 aromatic rings. The normalized spacial score (nSPS) is 13.7. The number of benzene rings is 2. The third-order valence-electron chi connectivity index (χ3n) is 4.78. The van der Waals surface area contributed by atoms with Crippen LogP contribution in [-0.2, 0) is 24.3 Å². The van der Waals surface area contributed by atoms with Crippen molar-refractivity contribution in [3.05, 3.63) is 76.1 Å². The first kappa shape index (κ1) is 15.6. The summed E-state index contributed by atoms with van der Waals surface area (Å²) < 4.78 is 1.74. The fourth-order valence-corrected chi connectivity index (χ4v) is 3.41. The lowest BCUT2D eigenvalue weighted by Crippen LogP contribution is -2.36. The number of carbonyl (C=O) groups is 1. The number of aryl methyl sites for hydroxylation is 1. The highest BCUT2D eigenvalue weighted by atomic mass is 16.2. The Labute approximate surface area is 145 Å². The number of hydrogen-bond donors (Lipinski definition) is 0. The van der Waals surface area contributed by atoms with Crippen molar-refractivity contribution in [3.8, 4) is 0 Å². The van der Waals surface area contributed by atoms with Crippen LogP contribution in [0.2, 0.25) is 0 Å². The maximum atomic E-state index is 12.6. The Hall–Kier alpha value is -2.95. The topological polar surface area (TPSA) is 55.2 Å². The van der Waals surface area contributed by atoms with Gasteiger partial charge in [-0.3, -0.25) is 14.3 Å². The summed E-state index contributed by atoms with van der Waals surface area (Å²) in [5, 5.41) is 4.83. The summed E-state index contributed by atoms with van der Waals surface area (Å²) in [6.45, 7) is 1.90. The molecule has 1 amide bonds. The number of aromatic nitrogens is 2. The van der Waals surface area contributed by atoms with Crippen molar-refractivity contribution >= 4 is 16.8 Å². The maximum absolute atomic E-state index is 12.6. The Morgan fingerprint density at radius 3 is 2.68 bits per heavy atom. The minimum absolute atomic E-state index is 0.0918. The number of para-hydroxylation sites is 1. The van der Waals surface area contributed by atoms with Crippen LogP contribution in [-0.4, -0.2) is 27.1 Å². The summed E-state index contributed by atoms with van der Waals surface area (Å²) in [6, 6.07) is 15.7. The van der Waals surface area contributed by atoms with Gasteiger partial charge in [0.15, 0.2) is 0 Å². The van der Waals surface area contributed by atoms with E-state index in [1.54, 1.807) is 10.7 Å². The molecule has 0 saturated carbocycles. The van der Waals surface area contributed by atoms with E-state index < -0.39 is 0 Å². The molecule has 2 aromatic carbocycles. The van der Waals surface area contributed by atoms with Gasteiger partial charge in [0.25, 0.3) is 0 Å². The Morgan fingerprint density at radius 2 is 1.80 bits per heavy atom. The van der Waals surface area contributed by atoms with E-state index in [0.717, 1.165) is 18.5 Å². The molecule has 2 heterocycles. The number of rotatable bonds is 3. The van der Waals surface area contributed by atoms with Crippen LogP contribution in [0.3, 0.4) is 0 Å². The van der Waals surface area contributed by atoms with Gasteiger partial charge in [-0.15, -0.1) is 0 Å². The molecule has 0 fully saturated rings. The predicted octanol–water partition coefficient (Wildman–Crippen LogP) is 2.37. The highest BCUT2D eigenvalue weighted by Crippen LogP contribution is 2.19. The van der Waals surface area contributed by atoms with Crippen LogP contribution < -0.4 is 5.43 Å². The molecule has 0 atom stereocenters. The molecule has 4 rings (SSSR count). The molecule has 0 saturated heterocycles. The second-order valence-electron chi connectivity index (χ2n) is 6.33. The van der Waals surface area contributed by atoms with Gasteiger partial charge in [-0.05, 0) is 29.7 Å².